The molecule has 29 heavy (non-hydrogen) atoms. The lowest BCUT2D eigenvalue weighted by molar-refractivity contribution is 0.0397. The van der Waals surface area contributed by atoms with Crippen LogP contribution in [0.15, 0.2) is 42.6 Å². The van der Waals surface area contributed by atoms with Gasteiger partial charge in [-0.15, -0.1) is 0 Å². The van der Waals surface area contributed by atoms with Gasteiger partial charge < -0.3 is 19.1 Å². The van der Waals surface area contributed by atoms with E-state index in [0.717, 1.165) is 22.2 Å². The molecule has 0 bridgehead atoms. The van der Waals surface area contributed by atoms with Crippen molar-refractivity contribution < 1.29 is 14.2 Å². The molecule has 1 saturated heterocycles. The Morgan fingerprint density at radius 3 is 2.59 bits per heavy atom. The van der Waals surface area contributed by atoms with Crippen LogP contribution in [0, 0.1) is 11.3 Å². The van der Waals surface area contributed by atoms with Crippen LogP contribution in [-0.4, -0.2) is 38.9 Å². The Bertz CT molecular complexity index is 1100. The Kier molecular flexibility index (Phi) is 5.43. The van der Waals surface area contributed by atoms with Gasteiger partial charge in [0.15, 0.2) is 11.5 Å². The lowest BCUT2D eigenvalue weighted by Crippen LogP contribution is -2.39. The second-order valence-electron chi connectivity index (χ2n) is 6.69. The molecule has 1 aromatic heterocycles. The first-order valence-electron chi connectivity index (χ1n) is 9.22. The number of pyridine rings is 1. The fraction of sp³-hybridized carbons (Fsp3) is 0.273. The number of ether oxygens (including phenoxy) is 3. The van der Waals surface area contributed by atoms with Crippen molar-refractivity contribution in [3.05, 3.63) is 58.7 Å². The number of aromatic nitrogens is 1. The van der Waals surface area contributed by atoms with E-state index < -0.39 is 0 Å². The minimum Gasteiger partial charge on any atom is -0.493 e. The molecule has 3 aromatic rings. The van der Waals surface area contributed by atoms with E-state index in [0.29, 0.717) is 41.8 Å². The summed E-state index contributed by atoms with van der Waals surface area (Å²) in [5, 5.41) is 11.8. The molecule has 1 unspecified atom stereocenters. The van der Waals surface area contributed by atoms with E-state index in [1.807, 2.05) is 36.4 Å². The van der Waals surface area contributed by atoms with Crippen LogP contribution in [0.25, 0.3) is 10.8 Å². The Labute approximate surface area is 174 Å². The van der Waals surface area contributed by atoms with Crippen molar-refractivity contribution in [3.8, 4) is 17.6 Å². The molecule has 0 amide bonds. The highest BCUT2D eigenvalue weighted by Crippen LogP contribution is 2.38. The molecule has 0 aliphatic carbocycles. The van der Waals surface area contributed by atoms with Crippen molar-refractivity contribution in [1.82, 2.24) is 4.98 Å². The first-order chi connectivity index (χ1) is 14.2. The first kappa shape index (κ1) is 19.3. The molecule has 1 aliphatic heterocycles. The number of halogens is 1. The molecule has 2 aromatic carbocycles. The average Bonchev–Trinajstić information content (AvgIpc) is 2.77. The molecule has 6 nitrogen and oxygen atoms in total. The second kappa shape index (κ2) is 8.16. The maximum absolute atomic E-state index is 9.54. The van der Waals surface area contributed by atoms with Gasteiger partial charge in [-0.25, -0.2) is 4.98 Å². The van der Waals surface area contributed by atoms with Crippen LogP contribution in [0.3, 0.4) is 0 Å². The van der Waals surface area contributed by atoms with Gasteiger partial charge in [-0.05, 0) is 18.2 Å². The minimum absolute atomic E-state index is 0.162. The minimum atomic E-state index is -0.162. The lowest BCUT2D eigenvalue weighted by Gasteiger charge is -2.35. The molecule has 1 fully saturated rings. The SMILES string of the molecule is COc1cc2c(C#N)cnc(N3CCOC(c4ccccc4Cl)C3)c2cc1OC. The molecule has 1 aliphatic rings. The van der Waals surface area contributed by atoms with Crippen LogP contribution in [0.1, 0.15) is 17.2 Å². The summed E-state index contributed by atoms with van der Waals surface area (Å²) < 4.78 is 16.9. The van der Waals surface area contributed by atoms with Crippen LogP contribution >= 0.6 is 11.6 Å². The summed E-state index contributed by atoms with van der Waals surface area (Å²) in [4.78, 5) is 6.76. The average molecular weight is 410 g/mol. The normalized spacial score (nSPS) is 16.5. The summed E-state index contributed by atoms with van der Waals surface area (Å²) in [5.41, 5.74) is 1.44. The number of hydrogen-bond acceptors (Lipinski definition) is 6. The summed E-state index contributed by atoms with van der Waals surface area (Å²) in [7, 11) is 3.17. The van der Waals surface area contributed by atoms with Crippen molar-refractivity contribution in [2.24, 2.45) is 0 Å². The van der Waals surface area contributed by atoms with Gasteiger partial charge in [0.05, 0.1) is 26.4 Å². The maximum Gasteiger partial charge on any atom is 0.161 e. The van der Waals surface area contributed by atoms with Crippen molar-refractivity contribution >= 4 is 28.2 Å². The lowest BCUT2D eigenvalue weighted by atomic mass is 10.0. The van der Waals surface area contributed by atoms with Crippen molar-refractivity contribution in [2.45, 2.75) is 6.10 Å². The summed E-state index contributed by atoms with van der Waals surface area (Å²) >= 11 is 6.38. The first-order valence-corrected chi connectivity index (χ1v) is 9.60. The molecule has 4 rings (SSSR count). The number of fused-ring (bicyclic) bond motifs is 1. The number of methoxy groups -OCH3 is 2. The largest absolute Gasteiger partial charge is 0.493 e. The quantitative estimate of drug-likeness (QED) is 0.638. The van der Waals surface area contributed by atoms with E-state index in [9.17, 15) is 5.26 Å². The molecule has 0 N–H and O–H groups in total. The summed E-state index contributed by atoms with van der Waals surface area (Å²) in [6.45, 7) is 1.84. The zero-order chi connectivity index (χ0) is 20.4. The number of nitriles is 1. The molecular formula is C22H20ClN3O3. The molecule has 0 spiro atoms. The summed E-state index contributed by atoms with van der Waals surface area (Å²) in [5.74, 6) is 1.94. The van der Waals surface area contributed by atoms with Crippen LogP contribution in [0.4, 0.5) is 5.82 Å². The molecule has 1 atom stereocenters. The van der Waals surface area contributed by atoms with Crippen molar-refractivity contribution in [1.29, 1.82) is 5.26 Å². The number of rotatable bonds is 4. The van der Waals surface area contributed by atoms with E-state index in [4.69, 9.17) is 25.8 Å². The van der Waals surface area contributed by atoms with Gasteiger partial charge in [-0.1, -0.05) is 29.8 Å². The van der Waals surface area contributed by atoms with Gasteiger partial charge in [0.25, 0.3) is 0 Å². The molecular weight excluding hydrogens is 390 g/mol. The highest BCUT2D eigenvalue weighted by atomic mass is 35.5. The standard InChI is InChI=1S/C22H20ClN3O3/c1-27-19-9-16-14(11-24)12-25-22(17(16)10-20(19)28-2)26-7-8-29-21(13-26)15-5-3-4-6-18(15)23/h3-6,9-10,12,21H,7-8,13H2,1-2H3. The van der Waals surface area contributed by atoms with E-state index in [-0.39, 0.29) is 6.10 Å². The van der Waals surface area contributed by atoms with Crippen molar-refractivity contribution in [3.63, 3.8) is 0 Å². The predicted molar refractivity (Wildman–Crippen MR) is 112 cm³/mol. The molecule has 2 heterocycles. The van der Waals surface area contributed by atoms with Gasteiger partial charge in [0, 0.05) is 40.6 Å². The fourth-order valence-electron chi connectivity index (χ4n) is 3.66. The van der Waals surface area contributed by atoms with E-state index in [1.165, 1.54) is 0 Å². The topological polar surface area (TPSA) is 67.6 Å². The van der Waals surface area contributed by atoms with Gasteiger partial charge in [-0.3, -0.25) is 0 Å². The third kappa shape index (κ3) is 3.55. The van der Waals surface area contributed by atoms with Gasteiger partial charge in [-0.2, -0.15) is 5.26 Å². The highest BCUT2D eigenvalue weighted by molar-refractivity contribution is 6.31. The van der Waals surface area contributed by atoms with Crippen LogP contribution in [0.2, 0.25) is 5.02 Å². The Morgan fingerprint density at radius 2 is 1.90 bits per heavy atom. The van der Waals surface area contributed by atoms with Crippen molar-refractivity contribution in [2.75, 3.05) is 38.8 Å². The summed E-state index contributed by atoms with van der Waals surface area (Å²) in [6.07, 6.45) is 1.44. The maximum atomic E-state index is 9.54. The van der Waals surface area contributed by atoms with Crippen LogP contribution < -0.4 is 14.4 Å². The van der Waals surface area contributed by atoms with Crippen LogP contribution in [0.5, 0.6) is 11.5 Å². The number of benzene rings is 2. The molecule has 0 saturated carbocycles. The number of hydrogen-bond donors (Lipinski definition) is 0. The van der Waals surface area contributed by atoms with Gasteiger partial charge >= 0.3 is 0 Å². The zero-order valence-corrected chi connectivity index (χ0v) is 16.9. The molecule has 148 valence electrons. The van der Waals surface area contributed by atoms with Gasteiger partial charge in [0.1, 0.15) is 18.0 Å². The Hall–Kier alpha value is -3.01. The van der Waals surface area contributed by atoms with E-state index >= 15 is 0 Å². The Morgan fingerprint density at radius 1 is 1.17 bits per heavy atom. The third-order valence-electron chi connectivity index (χ3n) is 5.11. The predicted octanol–water partition coefficient (Wildman–Crippen LogP) is 4.35. The van der Waals surface area contributed by atoms with E-state index in [2.05, 4.69) is 16.0 Å². The number of nitrogens with zero attached hydrogens (tertiary/aromatic N) is 3. The highest BCUT2D eigenvalue weighted by Gasteiger charge is 2.26. The number of anilines is 1. The second-order valence-corrected chi connectivity index (χ2v) is 7.09. The Balaban J connectivity index is 1.79. The molecule has 7 heteroatoms. The number of morpholine rings is 1. The zero-order valence-electron chi connectivity index (χ0n) is 16.2. The fourth-order valence-corrected chi connectivity index (χ4v) is 3.92. The summed E-state index contributed by atoms with van der Waals surface area (Å²) in [6, 6.07) is 13.6. The monoisotopic (exact) mass is 409 g/mol. The smallest absolute Gasteiger partial charge is 0.161 e. The third-order valence-corrected chi connectivity index (χ3v) is 5.45. The van der Waals surface area contributed by atoms with E-state index in [1.54, 1.807) is 20.4 Å². The van der Waals surface area contributed by atoms with Gasteiger partial charge in [0.2, 0.25) is 0 Å². The molecule has 0 radical (unpaired) electrons. The van der Waals surface area contributed by atoms with Crippen LogP contribution in [-0.2, 0) is 4.74 Å².